The van der Waals surface area contributed by atoms with Gasteiger partial charge in [0.05, 0.1) is 12.2 Å². The van der Waals surface area contributed by atoms with E-state index >= 15 is 0 Å². The molecule has 3 nitrogen and oxygen atoms in total. The van der Waals surface area contributed by atoms with Crippen LogP contribution < -0.4 is 4.90 Å². The number of benzene rings is 1. The van der Waals surface area contributed by atoms with Gasteiger partial charge in [-0.15, -0.1) is 0 Å². The van der Waals surface area contributed by atoms with Crippen LogP contribution in [-0.2, 0) is 11.3 Å². The predicted molar refractivity (Wildman–Crippen MR) is 74.2 cm³/mol. The zero-order valence-corrected chi connectivity index (χ0v) is 11.7. The summed E-state index contributed by atoms with van der Waals surface area (Å²) in [5, 5.41) is 10.1. The quantitative estimate of drug-likeness (QED) is 0.916. The number of nitrogens with zero attached hydrogens (tertiary/aromatic N) is 1. The zero-order valence-electron chi connectivity index (χ0n) is 10.9. The molecule has 18 heavy (non-hydrogen) atoms. The summed E-state index contributed by atoms with van der Waals surface area (Å²) >= 11 is 5.96. The Balaban J connectivity index is 2.25. The van der Waals surface area contributed by atoms with Crippen molar-refractivity contribution in [1.82, 2.24) is 0 Å². The van der Waals surface area contributed by atoms with E-state index in [-0.39, 0.29) is 12.2 Å². The summed E-state index contributed by atoms with van der Waals surface area (Å²) in [4.78, 5) is 2.27. The minimum absolute atomic E-state index is 0.0100. The van der Waals surface area contributed by atoms with Crippen molar-refractivity contribution in [3.63, 3.8) is 0 Å². The molecular weight excluding hydrogens is 250 g/mol. The van der Waals surface area contributed by atoms with Gasteiger partial charge in [-0.3, -0.25) is 0 Å². The molecule has 0 radical (unpaired) electrons. The topological polar surface area (TPSA) is 32.7 Å². The van der Waals surface area contributed by atoms with Gasteiger partial charge in [0.2, 0.25) is 0 Å². The number of aliphatic hydroxyl groups excluding tert-OH is 1. The molecule has 100 valence electrons. The molecule has 0 amide bonds. The van der Waals surface area contributed by atoms with Gasteiger partial charge in [0, 0.05) is 36.5 Å². The van der Waals surface area contributed by atoms with Crippen molar-refractivity contribution in [2.45, 2.75) is 32.0 Å². The number of halogens is 1. The first-order valence-electron chi connectivity index (χ1n) is 6.27. The molecule has 4 heteroatoms. The van der Waals surface area contributed by atoms with Crippen LogP contribution in [0.2, 0.25) is 5.02 Å². The van der Waals surface area contributed by atoms with Gasteiger partial charge in [-0.1, -0.05) is 11.6 Å². The Labute approximate surface area is 113 Å². The average molecular weight is 270 g/mol. The number of hydrogen-bond acceptors (Lipinski definition) is 3. The molecule has 0 aliphatic carbocycles. The Hall–Kier alpha value is -0.770. The molecule has 1 saturated heterocycles. The van der Waals surface area contributed by atoms with Gasteiger partial charge >= 0.3 is 0 Å². The molecule has 0 bridgehead atoms. The molecule has 2 rings (SSSR count). The summed E-state index contributed by atoms with van der Waals surface area (Å²) in [6.45, 7) is 3.98. The molecule has 1 unspecified atom stereocenters. The van der Waals surface area contributed by atoms with Crippen LogP contribution in [0.4, 0.5) is 5.69 Å². The van der Waals surface area contributed by atoms with Crippen LogP contribution in [-0.4, -0.2) is 30.9 Å². The summed E-state index contributed by atoms with van der Waals surface area (Å²) in [6, 6.07) is 5.68. The first-order chi connectivity index (χ1) is 8.58. The second kappa shape index (κ2) is 5.47. The highest BCUT2D eigenvalue weighted by molar-refractivity contribution is 6.30. The monoisotopic (exact) mass is 269 g/mol. The third kappa shape index (κ3) is 2.79. The fourth-order valence-electron chi connectivity index (χ4n) is 2.57. The summed E-state index contributed by atoms with van der Waals surface area (Å²) in [7, 11) is 1.76. The highest BCUT2D eigenvalue weighted by Crippen LogP contribution is 2.31. The number of aliphatic hydroxyl groups is 1. The van der Waals surface area contributed by atoms with Crippen molar-refractivity contribution >= 4 is 17.3 Å². The molecule has 1 aliphatic rings. The summed E-state index contributed by atoms with van der Waals surface area (Å²) in [6.07, 6.45) is 2.17. The fraction of sp³-hybridized carbons (Fsp3) is 0.571. The first kappa shape index (κ1) is 13.7. The third-order valence-electron chi connectivity index (χ3n) is 3.70. The molecule has 0 spiro atoms. The minimum atomic E-state index is -0.107. The lowest BCUT2D eigenvalue weighted by Gasteiger charge is -2.41. The largest absolute Gasteiger partial charge is 0.392 e. The molecule has 1 N–H and O–H groups in total. The number of anilines is 1. The van der Waals surface area contributed by atoms with E-state index < -0.39 is 0 Å². The second-order valence-corrected chi connectivity index (χ2v) is 5.55. The van der Waals surface area contributed by atoms with Gasteiger partial charge in [-0.05, 0) is 38.0 Å². The van der Waals surface area contributed by atoms with E-state index in [1.165, 1.54) is 0 Å². The Morgan fingerprint density at radius 1 is 1.50 bits per heavy atom. The molecule has 0 saturated carbocycles. The van der Waals surface area contributed by atoms with Gasteiger partial charge in [0.25, 0.3) is 0 Å². The number of methoxy groups -OCH3 is 1. The first-order valence-corrected chi connectivity index (χ1v) is 6.65. The highest BCUT2D eigenvalue weighted by atomic mass is 35.5. The van der Waals surface area contributed by atoms with Gasteiger partial charge in [0.15, 0.2) is 0 Å². The van der Waals surface area contributed by atoms with Gasteiger partial charge in [-0.2, -0.15) is 0 Å². The summed E-state index contributed by atoms with van der Waals surface area (Å²) in [5.74, 6) is 0. The fourth-order valence-corrected chi connectivity index (χ4v) is 2.76. The Bertz CT molecular complexity index is 424. The minimum Gasteiger partial charge on any atom is -0.392 e. The number of ether oxygens (including phenoxy) is 1. The normalized spacial score (nSPS) is 24.3. The van der Waals surface area contributed by atoms with E-state index in [1.54, 1.807) is 7.11 Å². The Morgan fingerprint density at radius 2 is 2.28 bits per heavy atom. The summed E-state index contributed by atoms with van der Waals surface area (Å²) < 4.78 is 5.60. The van der Waals surface area contributed by atoms with Crippen molar-refractivity contribution in [3.05, 3.63) is 28.8 Å². The van der Waals surface area contributed by atoms with Crippen molar-refractivity contribution in [2.75, 3.05) is 25.1 Å². The molecule has 1 heterocycles. The zero-order chi connectivity index (χ0) is 13.2. The van der Waals surface area contributed by atoms with Crippen LogP contribution in [0.3, 0.4) is 0 Å². The maximum Gasteiger partial charge on any atom is 0.0825 e. The van der Waals surface area contributed by atoms with Crippen LogP contribution in [0.15, 0.2) is 18.2 Å². The van der Waals surface area contributed by atoms with Crippen LogP contribution >= 0.6 is 11.6 Å². The highest BCUT2D eigenvalue weighted by Gasteiger charge is 2.31. The maximum absolute atomic E-state index is 9.44. The number of rotatable bonds is 3. The lowest BCUT2D eigenvalue weighted by Crippen LogP contribution is -2.47. The van der Waals surface area contributed by atoms with Crippen molar-refractivity contribution in [2.24, 2.45) is 0 Å². The van der Waals surface area contributed by atoms with Crippen LogP contribution in [0, 0.1) is 0 Å². The van der Waals surface area contributed by atoms with E-state index in [1.807, 2.05) is 18.2 Å². The van der Waals surface area contributed by atoms with Gasteiger partial charge < -0.3 is 14.7 Å². The lowest BCUT2D eigenvalue weighted by molar-refractivity contribution is -0.00472. The Morgan fingerprint density at radius 3 is 2.94 bits per heavy atom. The number of hydrogen-bond donors (Lipinski definition) is 1. The van der Waals surface area contributed by atoms with Crippen LogP contribution in [0.5, 0.6) is 0 Å². The average Bonchev–Trinajstić information content (AvgIpc) is 2.38. The molecule has 1 aromatic carbocycles. The van der Waals surface area contributed by atoms with E-state index in [0.717, 1.165) is 37.2 Å². The van der Waals surface area contributed by atoms with E-state index in [4.69, 9.17) is 16.3 Å². The SMILES string of the molecule is COC1(C)CCCN(c2ccc(Cl)cc2CO)C1. The molecule has 1 fully saturated rings. The van der Waals surface area contributed by atoms with E-state index in [9.17, 15) is 5.11 Å². The predicted octanol–water partition coefficient (Wildman–Crippen LogP) is 2.84. The lowest BCUT2D eigenvalue weighted by atomic mass is 9.94. The Kier molecular flexibility index (Phi) is 4.15. The number of piperidine rings is 1. The standard InChI is InChI=1S/C14H20ClNO2/c1-14(18-2)6-3-7-16(10-14)13-5-4-12(15)8-11(13)9-17/h4-5,8,17H,3,6-7,9-10H2,1-2H3. The third-order valence-corrected chi connectivity index (χ3v) is 3.94. The maximum atomic E-state index is 9.44. The smallest absolute Gasteiger partial charge is 0.0825 e. The van der Waals surface area contributed by atoms with Gasteiger partial charge in [-0.25, -0.2) is 0 Å². The van der Waals surface area contributed by atoms with Crippen LogP contribution in [0.25, 0.3) is 0 Å². The second-order valence-electron chi connectivity index (χ2n) is 5.11. The summed E-state index contributed by atoms with van der Waals surface area (Å²) in [5.41, 5.74) is 1.83. The molecule has 1 aromatic rings. The van der Waals surface area contributed by atoms with Gasteiger partial charge in [0.1, 0.15) is 0 Å². The van der Waals surface area contributed by atoms with Crippen molar-refractivity contribution in [1.29, 1.82) is 0 Å². The van der Waals surface area contributed by atoms with Crippen molar-refractivity contribution < 1.29 is 9.84 Å². The molecular formula is C14H20ClNO2. The van der Waals surface area contributed by atoms with Crippen LogP contribution in [0.1, 0.15) is 25.3 Å². The molecule has 0 aromatic heterocycles. The molecule has 1 atom stereocenters. The molecule has 1 aliphatic heterocycles. The van der Waals surface area contributed by atoms with Crippen molar-refractivity contribution in [3.8, 4) is 0 Å². The van der Waals surface area contributed by atoms with E-state index in [0.29, 0.717) is 5.02 Å². The van der Waals surface area contributed by atoms with E-state index in [2.05, 4.69) is 11.8 Å².